The molecule has 2 N–H and O–H groups in total. The molecule has 0 bridgehead atoms. The summed E-state index contributed by atoms with van der Waals surface area (Å²) in [4.78, 5) is 13.5. The Hall–Kier alpha value is -0.570. The van der Waals surface area contributed by atoms with Crippen LogP contribution in [0.25, 0.3) is 0 Å². The van der Waals surface area contributed by atoms with E-state index in [4.69, 9.17) is 5.73 Å². The molecule has 1 saturated heterocycles. The molecule has 0 aromatic heterocycles. The Morgan fingerprint density at radius 3 is 2.57 bits per heavy atom. The number of carbonyl (C=O) groups is 1. The van der Waals surface area contributed by atoms with Crippen molar-refractivity contribution in [3.8, 4) is 0 Å². The molecule has 3 fully saturated rings. The topological polar surface area (TPSA) is 46.3 Å². The minimum Gasteiger partial charge on any atom is -0.369 e. The van der Waals surface area contributed by atoms with Crippen molar-refractivity contribution in [3.63, 3.8) is 0 Å². The largest absolute Gasteiger partial charge is 0.369 e. The highest BCUT2D eigenvalue weighted by atomic mass is 16.1. The van der Waals surface area contributed by atoms with Crippen LogP contribution in [0.5, 0.6) is 0 Å². The maximum Gasteiger partial charge on any atom is 0.221 e. The van der Waals surface area contributed by atoms with Gasteiger partial charge in [-0.1, -0.05) is 0 Å². The predicted molar refractivity (Wildman–Crippen MR) is 53.6 cm³/mol. The van der Waals surface area contributed by atoms with Crippen LogP contribution in [-0.4, -0.2) is 29.9 Å². The molecule has 1 amide bonds. The molecule has 3 aliphatic rings. The third-order valence-electron chi connectivity index (χ3n) is 4.43. The van der Waals surface area contributed by atoms with Crippen molar-refractivity contribution >= 4 is 5.91 Å². The van der Waals surface area contributed by atoms with Crippen LogP contribution in [0.2, 0.25) is 0 Å². The maximum atomic E-state index is 11.0. The SMILES string of the molecule is NC(=O)C1CCN(C2CC3(CC3)C2)C1. The molecule has 1 unspecified atom stereocenters. The van der Waals surface area contributed by atoms with Crippen molar-refractivity contribution in [3.05, 3.63) is 0 Å². The molecule has 0 radical (unpaired) electrons. The second-order valence-corrected chi connectivity index (χ2v) is 5.44. The van der Waals surface area contributed by atoms with Crippen LogP contribution in [0.3, 0.4) is 0 Å². The lowest BCUT2D eigenvalue weighted by Crippen LogP contribution is -2.45. The molecule has 14 heavy (non-hydrogen) atoms. The molecule has 0 aromatic rings. The van der Waals surface area contributed by atoms with E-state index in [2.05, 4.69) is 4.90 Å². The van der Waals surface area contributed by atoms with Crippen LogP contribution in [-0.2, 0) is 4.79 Å². The van der Waals surface area contributed by atoms with Gasteiger partial charge in [0.15, 0.2) is 0 Å². The van der Waals surface area contributed by atoms with Gasteiger partial charge in [-0.2, -0.15) is 0 Å². The first kappa shape index (κ1) is 8.72. The van der Waals surface area contributed by atoms with Crippen LogP contribution in [0.15, 0.2) is 0 Å². The zero-order valence-corrected chi connectivity index (χ0v) is 8.54. The fourth-order valence-corrected chi connectivity index (χ4v) is 3.13. The van der Waals surface area contributed by atoms with E-state index in [1.54, 1.807) is 0 Å². The van der Waals surface area contributed by atoms with Gasteiger partial charge in [0.05, 0.1) is 5.92 Å². The summed E-state index contributed by atoms with van der Waals surface area (Å²) in [7, 11) is 0. The van der Waals surface area contributed by atoms with Gasteiger partial charge in [0, 0.05) is 12.6 Å². The van der Waals surface area contributed by atoms with Crippen LogP contribution < -0.4 is 5.73 Å². The first-order valence-corrected chi connectivity index (χ1v) is 5.72. The Bertz CT molecular complexity index is 264. The van der Waals surface area contributed by atoms with Gasteiger partial charge in [0.1, 0.15) is 0 Å². The fourth-order valence-electron chi connectivity index (χ4n) is 3.13. The molecule has 3 nitrogen and oxygen atoms in total. The van der Waals surface area contributed by atoms with Crippen molar-refractivity contribution in [1.29, 1.82) is 0 Å². The number of amides is 1. The molecular formula is C11H18N2O. The summed E-state index contributed by atoms with van der Waals surface area (Å²) in [5.41, 5.74) is 6.09. The molecule has 3 rings (SSSR count). The van der Waals surface area contributed by atoms with E-state index < -0.39 is 0 Å². The molecule has 0 aromatic carbocycles. The standard InChI is InChI=1S/C11H18N2O/c12-10(14)8-1-4-13(7-8)9-5-11(6-9)2-3-11/h8-9H,1-7H2,(H2,12,14). The Morgan fingerprint density at radius 1 is 1.36 bits per heavy atom. The highest BCUT2D eigenvalue weighted by Crippen LogP contribution is 2.62. The first-order chi connectivity index (χ1) is 6.69. The smallest absolute Gasteiger partial charge is 0.221 e. The average molecular weight is 194 g/mol. The van der Waals surface area contributed by atoms with Crippen molar-refractivity contribution in [1.82, 2.24) is 4.90 Å². The normalized spacial score (nSPS) is 35.9. The summed E-state index contributed by atoms with van der Waals surface area (Å²) in [6, 6.07) is 0.779. The van der Waals surface area contributed by atoms with E-state index >= 15 is 0 Å². The molecule has 3 heteroatoms. The highest BCUT2D eigenvalue weighted by molar-refractivity contribution is 5.77. The Labute approximate surface area is 84.6 Å². The van der Waals surface area contributed by atoms with Gasteiger partial charge in [-0.15, -0.1) is 0 Å². The second-order valence-electron chi connectivity index (χ2n) is 5.44. The summed E-state index contributed by atoms with van der Waals surface area (Å²) in [6.45, 7) is 2.02. The van der Waals surface area contributed by atoms with E-state index in [1.807, 2.05) is 0 Å². The van der Waals surface area contributed by atoms with Crippen molar-refractivity contribution in [2.24, 2.45) is 17.1 Å². The van der Waals surface area contributed by atoms with Gasteiger partial charge in [0.2, 0.25) is 5.91 Å². The Balaban J connectivity index is 1.53. The monoisotopic (exact) mass is 194 g/mol. The Kier molecular flexibility index (Phi) is 1.69. The van der Waals surface area contributed by atoms with Gasteiger partial charge in [-0.3, -0.25) is 9.69 Å². The molecule has 1 atom stereocenters. The quantitative estimate of drug-likeness (QED) is 0.704. The number of hydrogen-bond acceptors (Lipinski definition) is 2. The number of hydrogen-bond donors (Lipinski definition) is 1. The summed E-state index contributed by atoms with van der Waals surface area (Å²) in [5, 5.41) is 0. The van der Waals surface area contributed by atoms with Gasteiger partial charge < -0.3 is 5.73 Å². The summed E-state index contributed by atoms with van der Waals surface area (Å²) >= 11 is 0. The zero-order valence-electron chi connectivity index (χ0n) is 8.54. The lowest BCUT2D eigenvalue weighted by atomic mass is 9.76. The summed E-state index contributed by atoms with van der Waals surface area (Å²) < 4.78 is 0. The number of nitrogens with two attached hydrogens (primary N) is 1. The molecule has 1 heterocycles. The minimum atomic E-state index is -0.104. The third-order valence-corrected chi connectivity index (χ3v) is 4.43. The lowest BCUT2D eigenvalue weighted by molar-refractivity contribution is -0.121. The number of carbonyl (C=O) groups excluding carboxylic acids is 1. The molecule has 1 spiro atoms. The number of rotatable bonds is 2. The third kappa shape index (κ3) is 1.26. The van der Waals surface area contributed by atoms with E-state index in [0.29, 0.717) is 0 Å². The lowest BCUT2D eigenvalue weighted by Gasteiger charge is -2.42. The van der Waals surface area contributed by atoms with Crippen LogP contribution >= 0.6 is 0 Å². The molecule has 2 aliphatic carbocycles. The molecule has 78 valence electrons. The highest BCUT2D eigenvalue weighted by Gasteiger charge is 2.54. The van der Waals surface area contributed by atoms with Crippen LogP contribution in [0, 0.1) is 11.3 Å². The zero-order chi connectivity index (χ0) is 9.76. The average Bonchev–Trinajstić information content (AvgIpc) is 2.73. The first-order valence-electron chi connectivity index (χ1n) is 5.72. The van der Waals surface area contributed by atoms with Crippen LogP contribution in [0.1, 0.15) is 32.1 Å². The summed E-state index contributed by atoms with van der Waals surface area (Å²) in [5.74, 6) is 0.0266. The Morgan fingerprint density at radius 2 is 2.07 bits per heavy atom. The van der Waals surface area contributed by atoms with Crippen molar-refractivity contribution < 1.29 is 4.79 Å². The predicted octanol–water partition coefficient (Wildman–Crippen LogP) is 0.736. The van der Waals surface area contributed by atoms with Crippen LogP contribution in [0.4, 0.5) is 0 Å². The summed E-state index contributed by atoms with van der Waals surface area (Å²) in [6.07, 6.45) is 6.67. The van der Waals surface area contributed by atoms with Crippen molar-refractivity contribution in [2.75, 3.05) is 13.1 Å². The van der Waals surface area contributed by atoms with E-state index in [-0.39, 0.29) is 11.8 Å². The van der Waals surface area contributed by atoms with E-state index in [1.165, 1.54) is 25.7 Å². The fraction of sp³-hybridized carbons (Fsp3) is 0.909. The maximum absolute atomic E-state index is 11.0. The van der Waals surface area contributed by atoms with E-state index in [0.717, 1.165) is 31.0 Å². The van der Waals surface area contributed by atoms with E-state index in [9.17, 15) is 4.79 Å². The van der Waals surface area contributed by atoms with Crippen molar-refractivity contribution in [2.45, 2.75) is 38.1 Å². The molecular weight excluding hydrogens is 176 g/mol. The molecule has 2 saturated carbocycles. The number of nitrogens with zero attached hydrogens (tertiary/aromatic N) is 1. The number of likely N-dealkylation sites (tertiary alicyclic amines) is 1. The van der Waals surface area contributed by atoms with Gasteiger partial charge in [-0.05, 0) is 44.1 Å². The van der Waals surface area contributed by atoms with Gasteiger partial charge in [0.25, 0.3) is 0 Å². The number of primary amides is 1. The second kappa shape index (κ2) is 2.72. The van der Waals surface area contributed by atoms with Gasteiger partial charge in [-0.25, -0.2) is 0 Å². The van der Waals surface area contributed by atoms with Gasteiger partial charge >= 0.3 is 0 Å². The minimum absolute atomic E-state index is 0.104. The molecule has 1 aliphatic heterocycles.